The number of aromatic nitrogens is 2. The molecule has 0 unspecified atom stereocenters. The van der Waals surface area contributed by atoms with Crippen LogP contribution in [0, 0.1) is 0 Å². The lowest BCUT2D eigenvalue weighted by atomic mass is 10.0. The third kappa shape index (κ3) is 5.03. The number of aryl methyl sites for hydroxylation is 1. The number of hydrogen-bond acceptors (Lipinski definition) is 4. The maximum Gasteiger partial charge on any atom is 0.522 e. The van der Waals surface area contributed by atoms with E-state index < -0.39 is 25.8 Å². The van der Waals surface area contributed by atoms with Crippen LogP contribution in [0.5, 0.6) is 0 Å². The Kier molecular flexibility index (Phi) is 6.45. The van der Waals surface area contributed by atoms with Gasteiger partial charge in [0.1, 0.15) is 12.4 Å². The molecule has 3 rings (SSSR count). The number of alkyl halides is 3. The first-order chi connectivity index (χ1) is 12.7. The minimum atomic E-state index is -5.84. The van der Waals surface area contributed by atoms with Crippen LogP contribution in [-0.2, 0) is 40.3 Å². The van der Waals surface area contributed by atoms with E-state index in [0.29, 0.717) is 24.5 Å². The summed E-state index contributed by atoms with van der Waals surface area (Å²) in [6.07, 6.45) is 5.43. The second-order valence-corrected chi connectivity index (χ2v) is 9.45. The van der Waals surface area contributed by atoms with Gasteiger partial charge < -0.3 is 0 Å². The average molecular weight is 463 g/mol. The molecular formula is C14H16ClF3N3O5S2+. The molecule has 1 aliphatic heterocycles. The zero-order chi connectivity index (χ0) is 21.3. The van der Waals surface area contributed by atoms with Gasteiger partial charge in [0.15, 0.2) is 0 Å². The van der Waals surface area contributed by atoms with E-state index in [1.807, 2.05) is 18.2 Å². The van der Waals surface area contributed by atoms with Gasteiger partial charge in [-0.15, -0.1) is 3.97 Å². The van der Waals surface area contributed by atoms with Crippen LogP contribution in [0.1, 0.15) is 11.1 Å². The van der Waals surface area contributed by atoms with Crippen molar-refractivity contribution in [1.82, 2.24) is 8.28 Å². The number of fused-ring (bicyclic) bond motifs is 1. The minimum Gasteiger partial charge on any atom is -0.279 e. The summed E-state index contributed by atoms with van der Waals surface area (Å²) in [6.45, 7) is 0.807. The van der Waals surface area contributed by atoms with Crippen LogP contribution in [0.4, 0.5) is 13.2 Å². The van der Waals surface area contributed by atoms with Crippen molar-refractivity contribution < 1.29 is 39.1 Å². The van der Waals surface area contributed by atoms with Gasteiger partial charge in [0.05, 0.1) is 7.05 Å². The van der Waals surface area contributed by atoms with E-state index in [0.717, 1.165) is 11.1 Å². The third-order valence-corrected chi connectivity index (χ3v) is 6.46. The second-order valence-electron chi connectivity index (χ2n) is 5.80. The SMILES string of the molecule is C[n+]1ccn(S(=O)(=O)N2CCc3c(Cl)cccc3C2)c1.O=S(=O)(O)C(F)(F)F. The highest BCUT2D eigenvalue weighted by molar-refractivity contribution is 7.87. The van der Waals surface area contributed by atoms with Crippen molar-refractivity contribution in [2.75, 3.05) is 6.54 Å². The maximum atomic E-state index is 12.5. The van der Waals surface area contributed by atoms with Crippen LogP contribution in [-0.4, -0.2) is 41.7 Å². The number of hydrogen-bond donors (Lipinski definition) is 1. The molecule has 0 amide bonds. The molecule has 1 aromatic carbocycles. The Morgan fingerprint density at radius 1 is 1.21 bits per heavy atom. The third-order valence-electron chi connectivity index (χ3n) is 3.80. The maximum absolute atomic E-state index is 12.5. The van der Waals surface area contributed by atoms with Crippen molar-refractivity contribution in [1.29, 1.82) is 0 Å². The molecule has 1 N–H and O–H groups in total. The van der Waals surface area contributed by atoms with E-state index in [2.05, 4.69) is 0 Å². The number of benzene rings is 1. The lowest BCUT2D eigenvalue weighted by molar-refractivity contribution is -0.670. The standard InChI is InChI=1S/C13H15ClN3O2S.CHF3O3S/c1-15-7-8-17(10-15)20(18,19)16-6-5-12-11(9-16)3-2-4-13(12)14;2-1(3,4)8(5,6)7/h2-4,7-8,10H,5-6,9H2,1H3;(H,5,6,7)/q+1;. The first kappa shape index (κ1) is 22.6. The number of imidazole rings is 1. The lowest BCUT2D eigenvalue weighted by Crippen LogP contribution is -2.39. The van der Waals surface area contributed by atoms with Gasteiger partial charge in [0.25, 0.3) is 6.33 Å². The Morgan fingerprint density at radius 2 is 1.82 bits per heavy atom. The highest BCUT2D eigenvalue weighted by Crippen LogP contribution is 2.27. The van der Waals surface area contributed by atoms with Gasteiger partial charge in [-0.25, -0.2) is 4.57 Å². The topological polar surface area (TPSA) is 101 Å². The molecule has 1 aliphatic rings. The van der Waals surface area contributed by atoms with E-state index in [1.54, 1.807) is 30.3 Å². The number of nitrogens with zero attached hydrogens (tertiary/aromatic N) is 3. The summed E-state index contributed by atoms with van der Waals surface area (Å²) in [5.41, 5.74) is -3.50. The molecule has 0 radical (unpaired) electrons. The summed E-state index contributed by atoms with van der Waals surface area (Å²) in [5, 5.41) is 0.715. The molecule has 2 aromatic rings. The zero-order valence-electron chi connectivity index (χ0n) is 14.3. The van der Waals surface area contributed by atoms with Gasteiger partial charge in [-0.1, -0.05) is 23.7 Å². The molecule has 156 valence electrons. The molecule has 28 heavy (non-hydrogen) atoms. The van der Waals surface area contributed by atoms with Crippen molar-refractivity contribution in [2.45, 2.75) is 18.5 Å². The van der Waals surface area contributed by atoms with Crippen molar-refractivity contribution in [3.8, 4) is 0 Å². The van der Waals surface area contributed by atoms with E-state index in [1.165, 1.54) is 8.28 Å². The first-order valence-corrected chi connectivity index (χ1v) is 10.8. The Bertz CT molecular complexity index is 1070. The van der Waals surface area contributed by atoms with Gasteiger partial charge in [0, 0.05) is 18.1 Å². The quantitative estimate of drug-likeness (QED) is 0.414. The fourth-order valence-electron chi connectivity index (χ4n) is 2.43. The Labute approximate surface area is 164 Å². The first-order valence-electron chi connectivity index (χ1n) is 7.57. The molecule has 8 nitrogen and oxygen atoms in total. The molecule has 0 saturated carbocycles. The smallest absolute Gasteiger partial charge is 0.279 e. The van der Waals surface area contributed by atoms with Crippen LogP contribution in [0.2, 0.25) is 5.02 Å². The van der Waals surface area contributed by atoms with Gasteiger partial charge >= 0.3 is 25.8 Å². The summed E-state index contributed by atoms with van der Waals surface area (Å²) < 4.78 is 87.0. The van der Waals surface area contributed by atoms with Crippen LogP contribution in [0.3, 0.4) is 0 Å². The van der Waals surface area contributed by atoms with Gasteiger partial charge in [-0.05, 0) is 23.6 Å². The molecule has 0 aliphatic carbocycles. The normalized spacial score (nSPS) is 15.5. The Morgan fingerprint density at radius 3 is 2.32 bits per heavy atom. The monoisotopic (exact) mass is 462 g/mol. The molecule has 0 saturated heterocycles. The molecular weight excluding hydrogens is 447 g/mol. The highest BCUT2D eigenvalue weighted by atomic mass is 35.5. The average Bonchev–Trinajstić information content (AvgIpc) is 3.01. The van der Waals surface area contributed by atoms with E-state index >= 15 is 0 Å². The molecule has 0 spiro atoms. The molecule has 0 bridgehead atoms. The summed E-state index contributed by atoms with van der Waals surface area (Å²) in [7, 11) is -7.56. The van der Waals surface area contributed by atoms with E-state index in [-0.39, 0.29) is 0 Å². The van der Waals surface area contributed by atoms with E-state index in [4.69, 9.17) is 24.6 Å². The zero-order valence-corrected chi connectivity index (χ0v) is 16.7. The Hall–Kier alpha value is -1.67. The van der Waals surface area contributed by atoms with Crippen LogP contribution < -0.4 is 4.57 Å². The van der Waals surface area contributed by atoms with Crippen LogP contribution in [0.25, 0.3) is 0 Å². The lowest BCUT2D eigenvalue weighted by Gasteiger charge is -2.26. The van der Waals surface area contributed by atoms with Gasteiger partial charge in [-0.3, -0.25) is 4.55 Å². The van der Waals surface area contributed by atoms with Crippen molar-refractivity contribution in [3.63, 3.8) is 0 Å². The van der Waals surface area contributed by atoms with Gasteiger partial charge in [0.2, 0.25) is 0 Å². The fourth-order valence-corrected chi connectivity index (χ4v) is 4.09. The summed E-state index contributed by atoms with van der Waals surface area (Å²) in [6, 6.07) is 5.63. The molecule has 0 atom stereocenters. The summed E-state index contributed by atoms with van der Waals surface area (Å²) >= 11 is 6.15. The largest absolute Gasteiger partial charge is 0.522 e. The number of rotatable bonds is 2. The van der Waals surface area contributed by atoms with Gasteiger partial charge in [-0.2, -0.15) is 34.3 Å². The molecule has 0 fully saturated rings. The second kappa shape index (κ2) is 7.99. The summed E-state index contributed by atoms with van der Waals surface area (Å²) in [4.78, 5) is 0. The fraction of sp³-hybridized carbons (Fsp3) is 0.357. The summed E-state index contributed by atoms with van der Waals surface area (Å²) in [5.74, 6) is 0. The highest BCUT2D eigenvalue weighted by Gasteiger charge is 2.44. The van der Waals surface area contributed by atoms with Crippen LogP contribution >= 0.6 is 11.6 Å². The van der Waals surface area contributed by atoms with Crippen molar-refractivity contribution in [2.24, 2.45) is 7.05 Å². The predicted molar refractivity (Wildman–Crippen MR) is 93.1 cm³/mol. The van der Waals surface area contributed by atoms with Crippen LogP contribution in [0.15, 0.2) is 36.9 Å². The molecule has 2 heterocycles. The minimum absolute atomic E-state index is 0.361. The van der Waals surface area contributed by atoms with E-state index in [9.17, 15) is 21.6 Å². The van der Waals surface area contributed by atoms with Crippen molar-refractivity contribution >= 4 is 31.9 Å². The van der Waals surface area contributed by atoms with Crippen molar-refractivity contribution in [3.05, 3.63) is 53.1 Å². The molecule has 1 aromatic heterocycles. The number of halogens is 4. The predicted octanol–water partition coefficient (Wildman–Crippen LogP) is 1.51. The molecule has 14 heteroatoms. The Balaban J connectivity index is 0.000000300.